The van der Waals surface area contributed by atoms with Crippen molar-refractivity contribution in [3.63, 3.8) is 0 Å². The van der Waals surface area contributed by atoms with Crippen molar-refractivity contribution in [2.45, 2.75) is 81.4 Å². The van der Waals surface area contributed by atoms with Gasteiger partial charge in [-0.15, -0.1) is 0 Å². The highest BCUT2D eigenvalue weighted by Gasteiger charge is 2.51. The molecule has 1 aliphatic heterocycles. The Balaban J connectivity index is 1.57. The van der Waals surface area contributed by atoms with E-state index in [1.807, 2.05) is 0 Å². The molecule has 2 aliphatic carbocycles. The standard InChI is InChI=1S/C33H32F3NO15/c1-12-26(42)15(37-31(47)33(34,35)36)8-21(51-12)52-17-10-32(48,18(38)11-50-20(41)7-6-19(39)40)9-14-23(17)30(46)25-24(28(14)44)27(43)13-4-3-5-16(49-2)22(13)29(25)45/h3-5,12,15,17,21,26,42,44,46,48H,6-11H2,1-2H3,(H,37,47)(H,39,40)/t12-,15-,17-,21-,26+,32-/m0/s1. The minimum absolute atomic E-state index is 0.0427. The van der Waals surface area contributed by atoms with Gasteiger partial charge in [0.05, 0.1) is 54.9 Å². The zero-order valence-corrected chi connectivity index (χ0v) is 27.3. The van der Waals surface area contributed by atoms with Crippen LogP contribution in [0, 0.1) is 0 Å². The minimum Gasteiger partial charge on any atom is -0.507 e. The number of halogens is 3. The average molecular weight is 740 g/mol. The predicted octanol–water partition coefficient (Wildman–Crippen LogP) is 1.14. The highest BCUT2D eigenvalue weighted by Crippen LogP contribution is 2.52. The van der Waals surface area contributed by atoms with E-state index in [4.69, 9.17) is 24.1 Å². The van der Waals surface area contributed by atoms with Gasteiger partial charge in [-0.2, -0.15) is 13.2 Å². The number of phenolic OH excluding ortho intramolecular Hbond substituents is 2. The van der Waals surface area contributed by atoms with Gasteiger partial charge in [0.15, 0.2) is 18.7 Å². The molecule has 1 fully saturated rings. The largest absolute Gasteiger partial charge is 0.507 e. The summed E-state index contributed by atoms with van der Waals surface area (Å²) in [4.78, 5) is 75.5. The smallest absolute Gasteiger partial charge is 0.471 e. The van der Waals surface area contributed by atoms with E-state index < -0.39 is 150 Å². The summed E-state index contributed by atoms with van der Waals surface area (Å²) in [7, 11) is 1.23. The first-order valence-corrected chi connectivity index (χ1v) is 15.7. The number of phenols is 2. The van der Waals surface area contributed by atoms with Crippen molar-refractivity contribution in [2.24, 2.45) is 0 Å². The Morgan fingerprint density at radius 1 is 1.04 bits per heavy atom. The first-order valence-electron chi connectivity index (χ1n) is 15.7. The quantitative estimate of drug-likeness (QED) is 0.126. The Morgan fingerprint density at radius 3 is 2.35 bits per heavy atom. The van der Waals surface area contributed by atoms with Gasteiger partial charge in [0.2, 0.25) is 11.6 Å². The third kappa shape index (κ3) is 7.03. The third-order valence-electron chi connectivity index (χ3n) is 9.10. The number of nitrogens with one attached hydrogen (secondary N) is 1. The van der Waals surface area contributed by atoms with Crippen molar-refractivity contribution in [2.75, 3.05) is 13.7 Å². The van der Waals surface area contributed by atoms with E-state index in [0.717, 1.165) is 0 Å². The molecule has 1 heterocycles. The molecule has 0 aromatic heterocycles. The molecule has 5 rings (SSSR count). The zero-order valence-electron chi connectivity index (χ0n) is 27.3. The molecular weight excluding hydrogens is 707 g/mol. The van der Waals surface area contributed by atoms with Crippen LogP contribution in [-0.2, 0) is 39.8 Å². The van der Waals surface area contributed by atoms with E-state index in [-0.39, 0.29) is 16.9 Å². The highest BCUT2D eigenvalue weighted by molar-refractivity contribution is 6.31. The monoisotopic (exact) mass is 739 g/mol. The predicted molar refractivity (Wildman–Crippen MR) is 163 cm³/mol. The number of amides is 1. The number of carbonyl (C=O) groups is 6. The van der Waals surface area contributed by atoms with Crippen LogP contribution in [0.1, 0.15) is 81.7 Å². The molecule has 19 heteroatoms. The topological polar surface area (TPSA) is 253 Å². The van der Waals surface area contributed by atoms with Crippen molar-refractivity contribution in [3.8, 4) is 17.2 Å². The number of methoxy groups -OCH3 is 1. The number of aromatic hydroxyl groups is 2. The maximum absolute atomic E-state index is 13.9. The second-order valence-corrected chi connectivity index (χ2v) is 12.5. The van der Waals surface area contributed by atoms with Crippen molar-refractivity contribution in [1.82, 2.24) is 5.32 Å². The summed E-state index contributed by atoms with van der Waals surface area (Å²) >= 11 is 0. The Labute approximate surface area is 291 Å². The van der Waals surface area contributed by atoms with Crippen molar-refractivity contribution in [3.05, 3.63) is 51.6 Å². The van der Waals surface area contributed by atoms with Gasteiger partial charge >= 0.3 is 24.0 Å². The fraction of sp³-hybridized carbons (Fsp3) is 0.455. The molecule has 0 bridgehead atoms. The summed E-state index contributed by atoms with van der Waals surface area (Å²) in [5.74, 6) is -9.80. The number of benzene rings is 2. The number of ether oxygens (including phenoxy) is 4. The molecule has 0 saturated carbocycles. The summed E-state index contributed by atoms with van der Waals surface area (Å²) < 4.78 is 60.8. The van der Waals surface area contributed by atoms with E-state index in [1.54, 1.807) is 5.32 Å². The lowest BCUT2D eigenvalue weighted by molar-refractivity contribution is -0.250. The molecule has 52 heavy (non-hydrogen) atoms. The molecule has 1 amide bonds. The first-order chi connectivity index (χ1) is 24.3. The molecule has 0 radical (unpaired) electrons. The van der Waals surface area contributed by atoms with Crippen LogP contribution in [0.15, 0.2) is 18.2 Å². The van der Waals surface area contributed by atoms with Crippen LogP contribution in [0.5, 0.6) is 17.2 Å². The van der Waals surface area contributed by atoms with Crippen LogP contribution in [0.2, 0.25) is 0 Å². The fourth-order valence-corrected chi connectivity index (χ4v) is 6.52. The number of ketones is 3. The molecule has 0 unspecified atom stereocenters. The van der Waals surface area contributed by atoms with Gasteiger partial charge in [-0.05, 0) is 13.0 Å². The van der Waals surface area contributed by atoms with Crippen LogP contribution in [0.4, 0.5) is 13.2 Å². The fourth-order valence-electron chi connectivity index (χ4n) is 6.52. The number of Topliss-reactive ketones (excluding diaryl/α,β-unsaturated/α-hetero) is 1. The second-order valence-electron chi connectivity index (χ2n) is 12.5. The van der Waals surface area contributed by atoms with E-state index >= 15 is 0 Å². The number of carboxylic acids is 1. The van der Waals surface area contributed by atoms with E-state index in [2.05, 4.69) is 0 Å². The highest BCUT2D eigenvalue weighted by atomic mass is 19.4. The van der Waals surface area contributed by atoms with Gasteiger partial charge in [0, 0.05) is 36.0 Å². The summed E-state index contributed by atoms with van der Waals surface area (Å²) in [5, 5.41) is 55.9. The number of alkyl halides is 3. The number of hydrogen-bond acceptors (Lipinski definition) is 14. The zero-order chi connectivity index (χ0) is 38.4. The van der Waals surface area contributed by atoms with Gasteiger partial charge in [-0.1, -0.05) is 12.1 Å². The summed E-state index contributed by atoms with van der Waals surface area (Å²) in [6.45, 7) is 0.142. The molecule has 3 aliphatic rings. The van der Waals surface area contributed by atoms with Gasteiger partial charge in [0.25, 0.3) is 0 Å². The first kappa shape index (κ1) is 38.1. The number of aliphatic carboxylic acids is 1. The molecule has 0 spiro atoms. The molecule has 2 aromatic rings. The van der Waals surface area contributed by atoms with E-state index in [9.17, 15) is 62.4 Å². The molecule has 1 saturated heterocycles. The molecule has 6 N–H and O–H groups in total. The lowest BCUT2D eigenvalue weighted by Crippen LogP contribution is -2.57. The molecule has 16 nitrogen and oxygen atoms in total. The normalized spacial score (nSPS) is 25.3. The molecule has 6 atom stereocenters. The Bertz CT molecular complexity index is 1860. The maximum atomic E-state index is 13.9. The van der Waals surface area contributed by atoms with Gasteiger partial charge in [-0.25, -0.2) is 0 Å². The SMILES string of the molecule is COc1cccc2c1C(=O)c1c(O)c3c(c(O)c1C2=O)C[C@@](O)(C(=O)COC(=O)CCC(=O)O)C[C@@H]3O[C@H]1C[C@H](NC(=O)C(F)(F)F)[C@H](O)[C@H](C)O1. The van der Waals surface area contributed by atoms with Crippen LogP contribution < -0.4 is 10.1 Å². The number of rotatable bonds is 10. The van der Waals surface area contributed by atoms with Crippen molar-refractivity contribution in [1.29, 1.82) is 0 Å². The molecule has 280 valence electrons. The summed E-state index contributed by atoms with van der Waals surface area (Å²) in [6.07, 6.45) is -15.2. The third-order valence-corrected chi connectivity index (χ3v) is 9.10. The number of hydrogen-bond donors (Lipinski definition) is 6. The van der Waals surface area contributed by atoms with Crippen LogP contribution >= 0.6 is 0 Å². The number of esters is 1. The number of aliphatic hydroxyl groups excluding tert-OH is 1. The summed E-state index contributed by atoms with van der Waals surface area (Å²) in [5.41, 5.74) is -5.30. The van der Waals surface area contributed by atoms with Crippen molar-refractivity contribution < 1.29 is 86.4 Å². The molecule has 2 aromatic carbocycles. The van der Waals surface area contributed by atoms with E-state index in [1.165, 1.54) is 32.2 Å². The lowest BCUT2D eigenvalue weighted by Gasteiger charge is -2.43. The minimum atomic E-state index is -5.32. The Hall–Kier alpha value is -5.11. The van der Waals surface area contributed by atoms with Crippen molar-refractivity contribution >= 4 is 35.2 Å². The van der Waals surface area contributed by atoms with Crippen LogP contribution in [0.25, 0.3) is 0 Å². The second kappa shape index (κ2) is 14.1. The number of carboxylic acid groups (broad SMARTS) is 1. The van der Waals surface area contributed by atoms with E-state index in [0.29, 0.717) is 0 Å². The van der Waals surface area contributed by atoms with Gasteiger partial charge < -0.3 is 49.8 Å². The maximum Gasteiger partial charge on any atom is 0.471 e. The lowest BCUT2D eigenvalue weighted by atomic mass is 9.72. The Kier molecular flexibility index (Phi) is 10.4. The average Bonchev–Trinajstić information content (AvgIpc) is 3.07. The Morgan fingerprint density at radius 2 is 1.71 bits per heavy atom. The number of carbonyl (C=O) groups excluding carboxylic acids is 5. The number of fused-ring (bicyclic) bond motifs is 3. The van der Waals surface area contributed by atoms with Gasteiger partial charge in [0.1, 0.15) is 29.0 Å². The van der Waals surface area contributed by atoms with Gasteiger partial charge in [-0.3, -0.25) is 28.8 Å². The van der Waals surface area contributed by atoms with Crippen LogP contribution in [-0.4, -0.2) is 111 Å². The number of aliphatic hydroxyl groups is 2. The van der Waals surface area contributed by atoms with Crippen LogP contribution in [0.3, 0.4) is 0 Å². The molecular formula is C33H32F3NO15. The summed E-state index contributed by atoms with van der Waals surface area (Å²) in [6, 6.07) is 2.44.